The van der Waals surface area contributed by atoms with Crippen LogP contribution in [0.15, 0.2) is 12.4 Å². The van der Waals surface area contributed by atoms with Gasteiger partial charge >= 0.3 is 0 Å². The van der Waals surface area contributed by atoms with Gasteiger partial charge in [-0.2, -0.15) is 0 Å². The Balaban J connectivity index is 2.64. The van der Waals surface area contributed by atoms with Gasteiger partial charge in [-0.05, 0) is 7.05 Å². The first kappa shape index (κ1) is 9.26. The third-order valence-corrected chi connectivity index (χ3v) is 1.87. The Bertz CT molecular complexity index is 227. The van der Waals surface area contributed by atoms with Gasteiger partial charge in [-0.3, -0.25) is 0 Å². The lowest BCUT2D eigenvalue weighted by Gasteiger charge is -2.09. The highest BCUT2D eigenvalue weighted by Gasteiger charge is 2.05. The highest BCUT2D eigenvalue weighted by Crippen LogP contribution is 2.10. The average Bonchev–Trinajstić information content (AvgIpc) is 2.48. The van der Waals surface area contributed by atoms with Crippen molar-refractivity contribution in [1.29, 1.82) is 0 Å². The van der Waals surface area contributed by atoms with Crippen molar-refractivity contribution in [2.75, 3.05) is 13.6 Å². The Morgan fingerprint density at radius 2 is 2.33 bits per heavy atom. The minimum absolute atomic E-state index is 0.511. The highest BCUT2D eigenvalue weighted by molar-refractivity contribution is 4.97. The standard InChI is InChI=1S/C9H17N3/c1-8(2)9-11-5-7-12(9)6-4-10-3/h5,7-8,10H,4,6H2,1-3H3. The van der Waals surface area contributed by atoms with E-state index in [9.17, 15) is 0 Å². The van der Waals surface area contributed by atoms with Gasteiger partial charge in [0.2, 0.25) is 0 Å². The van der Waals surface area contributed by atoms with Gasteiger partial charge in [0, 0.05) is 31.4 Å². The number of aromatic nitrogens is 2. The van der Waals surface area contributed by atoms with Crippen molar-refractivity contribution in [3.05, 3.63) is 18.2 Å². The number of likely N-dealkylation sites (N-methyl/N-ethyl adjacent to an activating group) is 1. The van der Waals surface area contributed by atoms with Crippen LogP contribution in [0.3, 0.4) is 0 Å². The molecular formula is C9H17N3. The largest absolute Gasteiger partial charge is 0.333 e. The smallest absolute Gasteiger partial charge is 0.111 e. The fourth-order valence-electron chi connectivity index (χ4n) is 1.24. The van der Waals surface area contributed by atoms with Crippen LogP contribution >= 0.6 is 0 Å². The fourth-order valence-corrected chi connectivity index (χ4v) is 1.24. The molecule has 0 aromatic carbocycles. The number of imidazole rings is 1. The third kappa shape index (κ3) is 2.08. The van der Waals surface area contributed by atoms with E-state index in [-0.39, 0.29) is 0 Å². The van der Waals surface area contributed by atoms with Crippen molar-refractivity contribution in [3.63, 3.8) is 0 Å². The van der Waals surface area contributed by atoms with Crippen LogP contribution in [0.5, 0.6) is 0 Å². The maximum Gasteiger partial charge on any atom is 0.111 e. The molecule has 0 aliphatic heterocycles. The lowest BCUT2D eigenvalue weighted by molar-refractivity contribution is 0.594. The molecule has 1 aromatic rings. The van der Waals surface area contributed by atoms with Crippen molar-refractivity contribution in [2.24, 2.45) is 0 Å². The normalized spacial score (nSPS) is 11.0. The molecule has 0 fully saturated rings. The summed E-state index contributed by atoms with van der Waals surface area (Å²) >= 11 is 0. The zero-order chi connectivity index (χ0) is 8.97. The zero-order valence-electron chi connectivity index (χ0n) is 8.04. The molecule has 1 N–H and O–H groups in total. The summed E-state index contributed by atoms with van der Waals surface area (Å²) in [6, 6.07) is 0. The molecule has 0 saturated heterocycles. The van der Waals surface area contributed by atoms with Crippen LogP contribution in [0.4, 0.5) is 0 Å². The molecule has 3 nitrogen and oxygen atoms in total. The molecule has 0 aliphatic rings. The molecule has 1 heterocycles. The highest BCUT2D eigenvalue weighted by atomic mass is 15.1. The second-order valence-electron chi connectivity index (χ2n) is 3.24. The Hall–Kier alpha value is -0.830. The van der Waals surface area contributed by atoms with Crippen molar-refractivity contribution in [2.45, 2.75) is 26.3 Å². The van der Waals surface area contributed by atoms with Crippen LogP contribution in [0.25, 0.3) is 0 Å². The maximum atomic E-state index is 4.30. The summed E-state index contributed by atoms with van der Waals surface area (Å²) < 4.78 is 2.20. The van der Waals surface area contributed by atoms with Crippen LogP contribution in [0.2, 0.25) is 0 Å². The van der Waals surface area contributed by atoms with E-state index in [4.69, 9.17) is 0 Å². The zero-order valence-corrected chi connectivity index (χ0v) is 8.04. The molecule has 1 rings (SSSR count). The molecule has 12 heavy (non-hydrogen) atoms. The molecular weight excluding hydrogens is 150 g/mol. The molecule has 0 spiro atoms. The summed E-state index contributed by atoms with van der Waals surface area (Å²) in [5.74, 6) is 1.68. The van der Waals surface area contributed by atoms with Gasteiger partial charge in [0.25, 0.3) is 0 Å². The summed E-state index contributed by atoms with van der Waals surface area (Å²) in [6.45, 7) is 6.33. The minimum Gasteiger partial charge on any atom is -0.333 e. The van der Waals surface area contributed by atoms with E-state index < -0.39 is 0 Å². The lowest BCUT2D eigenvalue weighted by atomic mass is 10.2. The second kappa shape index (κ2) is 4.26. The molecule has 3 heteroatoms. The Morgan fingerprint density at radius 1 is 1.58 bits per heavy atom. The van der Waals surface area contributed by atoms with Gasteiger partial charge in [-0.25, -0.2) is 4.98 Å². The van der Waals surface area contributed by atoms with Crippen molar-refractivity contribution in [1.82, 2.24) is 14.9 Å². The van der Waals surface area contributed by atoms with Crippen LogP contribution in [-0.4, -0.2) is 23.1 Å². The number of hydrogen-bond acceptors (Lipinski definition) is 2. The average molecular weight is 167 g/mol. The van der Waals surface area contributed by atoms with E-state index in [1.807, 2.05) is 19.4 Å². The van der Waals surface area contributed by atoms with Crippen LogP contribution < -0.4 is 5.32 Å². The van der Waals surface area contributed by atoms with E-state index in [1.165, 1.54) is 5.82 Å². The summed E-state index contributed by atoms with van der Waals surface area (Å²) in [5, 5.41) is 3.12. The lowest BCUT2D eigenvalue weighted by Crippen LogP contribution is -2.16. The molecule has 0 amide bonds. The number of nitrogens with one attached hydrogen (secondary N) is 1. The fraction of sp³-hybridized carbons (Fsp3) is 0.667. The van der Waals surface area contributed by atoms with Gasteiger partial charge in [0.05, 0.1) is 0 Å². The Morgan fingerprint density at radius 3 is 2.92 bits per heavy atom. The van der Waals surface area contributed by atoms with E-state index in [1.54, 1.807) is 0 Å². The SMILES string of the molecule is CNCCn1ccnc1C(C)C. The Kier molecular flexibility index (Phi) is 3.29. The maximum absolute atomic E-state index is 4.30. The monoisotopic (exact) mass is 167 g/mol. The first-order valence-electron chi connectivity index (χ1n) is 4.41. The van der Waals surface area contributed by atoms with Gasteiger partial charge < -0.3 is 9.88 Å². The number of nitrogens with zero attached hydrogens (tertiary/aromatic N) is 2. The first-order valence-corrected chi connectivity index (χ1v) is 4.41. The molecule has 0 atom stereocenters. The third-order valence-electron chi connectivity index (χ3n) is 1.87. The molecule has 0 radical (unpaired) electrons. The van der Waals surface area contributed by atoms with Crippen molar-refractivity contribution in [3.8, 4) is 0 Å². The summed E-state index contributed by atoms with van der Waals surface area (Å²) in [6.07, 6.45) is 3.90. The summed E-state index contributed by atoms with van der Waals surface area (Å²) in [5.41, 5.74) is 0. The predicted molar refractivity (Wildman–Crippen MR) is 50.2 cm³/mol. The summed E-state index contributed by atoms with van der Waals surface area (Å²) in [4.78, 5) is 4.30. The quantitative estimate of drug-likeness (QED) is 0.731. The summed E-state index contributed by atoms with van der Waals surface area (Å²) in [7, 11) is 1.96. The van der Waals surface area contributed by atoms with Crippen molar-refractivity contribution >= 4 is 0 Å². The molecule has 0 saturated carbocycles. The molecule has 68 valence electrons. The first-order chi connectivity index (χ1) is 5.75. The minimum atomic E-state index is 0.511. The van der Waals surface area contributed by atoms with Crippen molar-refractivity contribution < 1.29 is 0 Å². The van der Waals surface area contributed by atoms with E-state index in [2.05, 4.69) is 28.7 Å². The second-order valence-corrected chi connectivity index (χ2v) is 3.24. The van der Waals surface area contributed by atoms with E-state index in [0.29, 0.717) is 5.92 Å². The number of hydrogen-bond donors (Lipinski definition) is 1. The van der Waals surface area contributed by atoms with Gasteiger partial charge in [0.1, 0.15) is 5.82 Å². The molecule has 0 bridgehead atoms. The topological polar surface area (TPSA) is 29.9 Å². The predicted octanol–water partition coefficient (Wildman–Crippen LogP) is 1.23. The van der Waals surface area contributed by atoms with Crippen LogP contribution in [0, 0.1) is 0 Å². The van der Waals surface area contributed by atoms with E-state index >= 15 is 0 Å². The van der Waals surface area contributed by atoms with E-state index in [0.717, 1.165) is 13.1 Å². The molecule has 1 aromatic heterocycles. The van der Waals surface area contributed by atoms with Gasteiger partial charge in [-0.1, -0.05) is 13.8 Å². The number of rotatable bonds is 4. The molecule has 0 aliphatic carbocycles. The molecule has 0 unspecified atom stereocenters. The van der Waals surface area contributed by atoms with Gasteiger partial charge in [-0.15, -0.1) is 0 Å². The van der Waals surface area contributed by atoms with Gasteiger partial charge in [0.15, 0.2) is 0 Å². The Labute approximate surface area is 73.8 Å². The van der Waals surface area contributed by atoms with Crippen LogP contribution in [0.1, 0.15) is 25.6 Å². The van der Waals surface area contributed by atoms with Crippen LogP contribution in [-0.2, 0) is 6.54 Å².